The summed E-state index contributed by atoms with van der Waals surface area (Å²) in [4.78, 5) is 27.2. The number of halogens is 1. The molecule has 0 fully saturated rings. The van der Waals surface area contributed by atoms with E-state index in [0.717, 1.165) is 11.6 Å². The van der Waals surface area contributed by atoms with Gasteiger partial charge in [0.1, 0.15) is 17.7 Å². The molecule has 0 aliphatic carbocycles. The fraction of sp³-hybridized carbons (Fsp3) is 0.136. The van der Waals surface area contributed by atoms with Crippen molar-refractivity contribution in [1.29, 1.82) is 0 Å². The summed E-state index contributed by atoms with van der Waals surface area (Å²) in [5.41, 5.74) is 7.47. The van der Waals surface area contributed by atoms with E-state index < -0.39 is 17.9 Å². The van der Waals surface area contributed by atoms with Gasteiger partial charge in [0.05, 0.1) is 12.7 Å². The van der Waals surface area contributed by atoms with Gasteiger partial charge in [0.2, 0.25) is 6.41 Å². The lowest BCUT2D eigenvalue weighted by Crippen LogP contribution is -2.28. The predicted octanol–water partition coefficient (Wildman–Crippen LogP) is 3.24. The smallest absolute Gasteiger partial charge is 0.252 e. The number of aromatic nitrogens is 1. The number of nitrogens with zero attached hydrogens (tertiary/aromatic N) is 1. The number of amides is 2. The summed E-state index contributed by atoms with van der Waals surface area (Å²) in [6, 6.07) is 15.3. The zero-order valence-electron chi connectivity index (χ0n) is 17.0. The average Bonchev–Trinajstić information content (AvgIpc) is 2.75. The first kappa shape index (κ1) is 21.6. The molecule has 0 unspecified atom stereocenters. The Balaban J connectivity index is 2.00. The van der Waals surface area contributed by atoms with Gasteiger partial charge in [-0.2, -0.15) is 0 Å². The van der Waals surface area contributed by atoms with E-state index in [4.69, 9.17) is 10.5 Å². The summed E-state index contributed by atoms with van der Waals surface area (Å²) < 4.78 is 20.0. The van der Waals surface area contributed by atoms with Crippen molar-refractivity contribution >= 4 is 29.6 Å². The van der Waals surface area contributed by atoms with Gasteiger partial charge < -0.3 is 26.4 Å². The van der Waals surface area contributed by atoms with Crippen LogP contribution in [-0.2, 0) is 4.79 Å². The van der Waals surface area contributed by atoms with Crippen LogP contribution in [0.5, 0.6) is 5.75 Å². The first-order valence-electron chi connectivity index (χ1n) is 9.35. The minimum Gasteiger partial charge on any atom is -0.497 e. The number of anilines is 3. The molecule has 0 radical (unpaired) electrons. The number of carbonyl (C=O) groups is 2. The van der Waals surface area contributed by atoms with Gasteiger partial charge in [0.15, 0.2) is 11.6 Å². The number of rotatable bonds is 9. The van der Waals surface area contributed by atoms with E-state index in [1.54, 1.807) is 30.3 Å². The Hall–Kier alpha value is -4.14. The highest BCUT2D eigenvalue weighted by molar-refractivity contribution is 5.98. The molecule has 0 saturated heterocycles. The summed E-state index contributed by atoms with van der Waals surface area (Å²) in [5.74, 6) is -1.15. The quantitative estimate of drug-likeness (QED) is 0.310. The summed E-state index contributed by atoms with van der Waals surface area (Å²) in [6.07, 6.45) is -0.245. The fourth-order valence-electron chi connectivity index (χ4n) is 3.02. The van der Waals surface area contributed by atoms with E-state index >= 15 is 0 Å². The van der Waals surface area contributed by atoms with Crippen LogP contribution in [0.1, 0.15) is 27.7 Å². The molecule has 8 nitrogen and oxygen atoms in total. The van der Waals surface area contributed by atoms with Crippen molar-refractivity contribution in [3.63, 3.8) is 0 Å². The van der Waals surface area contributed by atoms with Crippen molar-refractivity contribution in [3.8, 4) is 5.75 Å². The predicted molar refractivity (Wildman–Crippen MR) is 116 cm³/mol. The lowest BCUT2D eigenvalue weighted by molar-refractivity contribution is -0.110. The maximum absolute atomic E-state index is 14.7. The second-order valence-corrected chi connectivity index (χ2v) is 6.72. The minimum absolute atomic E-state index is 0.0574. The lowest BCUT2D eigenvalue weighted by atomic mass is 10.1. The first-order chi connectivity index (χ1) is 14.9. The number of pyridine rings is 1. The van der Waals surface area contributed by atoms with Crippen LogP contribution in [0.2, 0.25) is 0 Å². The molecule has 160 valence electrons. The molecule has 3 aromatic rings. The highest BCUT2D eigenvalue weighted by Gasteiger charge is 2.19. The molecule has 0 saturated carbocycles. The van der Waals surface area contributed by atoms with Gasteiger partial charge in [0, 0.05) is 11.8 Å². The number of nitrogens with two attached hydrogens (primary N) is 1. The third-order valence-electron chi connectivity index (χ3n) is 4.44. The Morgan fingerprint density at radius 1 is 1.16 bits per heavy atom. The van der Waals surface area contributed by atoms with E-state index in [2.05, 4.69) is 20.9 Å². The molecule has 0 bridgehead atoms. The number of hydrogen-bond donors (Lipinski definition) is 4. The molecule has 3 rings (SSSR count). The van der Waals surface area contributed by atoms with Crippen molar-refractivity contribution in [3.05, 3.63) is 77.1 Å². The summed E-state index contributed by atoms with van der Waals surface area (Å²) >= 11 is 0. The Bertz CT molecular complexity index is 1090. The van der Waals surface area contributed by atoms with Gasteiger partial charge in [-0.15, -0.1) is 0 Å². The highest BCUT2D eigenvalue weighted by atomic mass is 19.1. The number of ether oxygens (including phenoxy) is 1. The molecule has 1 aromatic heterocycles. The maximum Gasteiger partial charge on any atom is 0.252 e. The summed E-state index contributed by atoms with van der Waals surface area (Å²) in [6.45, 7) is 1.88. The molecule has 9 heteroatoms. The van der Waals surface area contributed by atoms with E-state index in [1.807, 2.05) is 25.1 Å². The zero-order valence-corrected chi connectivity index (χ0v) is 17.0. The van der Waals surface area contributed by atoms with Crippen LogP contribution in [0.25, 0.3) is 0 Å². The van der Waals surface area contributed by atoms with Gasteiger partial charge in [-0.3, -0.25) is 9.59 Å². The van der Waals surface area contributed by atoms with Gasteiger partial charge in [-0.1, -0.05) is 30.3 Å². The zero-order chi connectivity index (χ0) is 22.4. The van der Waals surface area contributed by atoms with Crippen LogP contribution < -0.4 is 26.4 Å². The Morgan fingerprint density at radius 2 is 1.90 bits per heavy atom. The molecule has 2 amide bonds. The van der Waals surface area contributed by atoms with Crippen molar-refractivity contribution in [1.82, 2.24) is 10.3 Å². The molecule has 2 aromatic carbocycles. The summed E-state index contributed by atoms with van der Waals surface area (Å²) in [7, 11) is 1.54. The van der Waals surface area contributed by atoms with Crippen LogP contribution in [0, 0.1) is 12.7 Å². The van der Waals surface area contributed by atoms with E-state index in [0.29, 0.717) is 23.4 Å². The van der Waals surface area contributed by atoms with Gasteiger partial charge >= 0.3 is 0 Å². The third-order valence-corrected chi connectivity index (χ3v) is 4.44. The van der Waals surface area contributed by atoms with E-state index in [9.17, 15) is 14.0 Å². The number of hydrogen-bond acceptors (Lipinski definition) is 6. The molecule has 5 N–H and O–H groups in total. The van der Waals surface area contributed by atoms with Crippen molar-refractivity contribution in [2.75, 3.05) is 17.7 Å². The normalized spacial score (nSPS) is 11.3. The molecule has 0 aliphatic rings. The minimum atomic E-state index is -0.842. The number of carbonyl (C=O) groups excluding carboxylic acids is 2. The van der Waals surface area contributed by atoms with Gasteiger partial charge in [-0.05, 0) is 36.2 Å². The summed E-state index contributed by atoms with van der Waals surface area (Å²) in [5, 5.41) is 8.42. The lowest BCUT2D eigenvalue weighted by Gasteiger charge is -2.20. The molecule has 1 atom stereocenters. The second kappa shape index (κ2) is 9.57. The second-order valence-electron chi connectivity index (χ2n) is 6.72. The topological polar surface area (TPSA) is 118 Å². The van der Waals surface area contributed by atoms with Crippen LogP contribution in [0.4, 0.5) is 21.7 Å². The molecular formula is C22H22FN5O3. The highest BCUT2D eigenvalue weighted by Crippen LogP contribution is 2.28. The van der Waals surface area contributed by atoms with Gasteiger partial charge in [-0.25, -0.2) is 9.37 Å². The van der Waals surface area contributed by atoms with Crippen molar-refractivity contribution in [2.24, 2.45) is 5.73 Å². The average molecular weight is 423 g/mol. The molecule has 0 spiro atoms. The number of primary amides is 1. The standard InChI is InChI=1S/C22H22FN5O3/c1-13-8-15(10-16(9-13)31-2)26-21-17(19(24)30)11-18(23)22(28-21)27-20(25-12-29)14-6-4-3-5-7-14/h3-12,20H,1-2H3,(H2,24,30)(H,25,29)(H2,26,27,28)/t20-/m0/s1. The number of benzene rings is 2. The van der Waals surface area contributed by atoms with E-state index in [-0.39, 0.29) is 17.2 Å². The Morgan fingerprint density at radius 3 is 2.55 bits per heavy atom. The molecule has 31 heavy (non-hydrogen) atoms. The SMILES string of the molecule is COc1cc(C)cc(Nc2nc(N[C@H](NC=O)c3ccccc3)c(F)cc2C(N)=O)c1. The van der Waals surface area contributed by atoms with Crippen LogP contribution in [0.3, 0.4) is 0 Å². The first-order valence-corrected chi connectivity index (χ1v) is 9.35. The fourth-order valence-corrected chi connectivity index (χ4v) is 3.02. The number of aryl methyl sites for hydroxylation is 1. The Labute approximate surface area is 178 Å². The monoisotopic (exact) mass is 423 g/mol. The number of nitrogens with one attached hydrogen (secondary N) is 3. The molecule has 1 heterocycles. The molecule has 0 aliphatic heterocycles. The van der Waals surface area contributed by atoms with Crippen LogP contribution in [-0.4, -0.2) is 24.4 Å². The number of methoxy groups -OCH3 is 1. The van der Waals surface area contributed by atoms with Gasteiger partial charge in [0.25, 0.3) is 5.91 Å². The van der Waals surface area contributed by atoms with Crippen molar-refractivity contribution < 1.29 is 18.7 Å². The van der Waals surface area contributed by atoms with Crippen LogP contribution >= 0.6 is 0 Å². The van der Waals surface area contributed by atoms with Crippen LogP contribution in [0.15, 0.2) is 54.6 Å². The third kappa shape index (κ3) is 5.27. The largest absolute Gasteiger partial charge is 0.497 e. The van der Waals surface area contributed by atoms with Crippen molar-refractivity contribution in [2.45, 2.75) is 13.1 Å². The van der Waals surface area contributed by atoms with E-state index in [1.165, 1.54) is 7.11 Å². The Kier molecular flexibility index (Phi) is 6.66. The molecular weight excluding hydrogens is 401 g/mol. The maximum atomic E-state index is 14.7.